The molecule has 0 aliphatic rings. The molecule has 0 bridgehead atoms. The van der Waals surface area contributed by atoms with Gasteiger partial charge in [-0.1, -0.05) is 57.6 Å². The Balaban J connectivity index is 2.19. The molecule has 6 heteroatoms. The number of methoxy groups -OCH3 is 1. The average Bonchev–Trinajstić information content (AvgIpc) is 2.97. The highest BCUT2D eigenvalue weighted by molar-refractivity contribution is 6.03. The van der Waals surface area contributed by atoms with E-state index in [9.17, 15) is 4.79 Å². The standard InChI is InChI=1S/C20H30N4O2/c1-3-4-5-6-7-8-11-14-24-18(17(20(22)25)19(21)23-24)15-12-9-10-13-16(15)26-2/h9-10,12-13H,3-8,11,14H2,1-2H3,(H2,21,23)(H2,22,25). The number of unbranched alkanes of at least 4 members (excludes halogenated alkanes) is 6. The van der Waals surface area contributed by atoms with Crippen LogP contribution in [0.1, 0.15) is 62.2 Å². The smallest absolute Gasteiger partial charge is 0.254 e. The molecule has 6 nitrogen and oxygen atoms in total. The molecule has 0 spiro atoms. The summed E-state index contributed by atoms with van der Waals surface area (Å²) in [6, 6.07) is 7.51. The lowest BCUT2D eigenvalue weighted by atomic mass is 10.1. The van der Waals surface area contributed by atoms with E-state index in [4.69, 9.17) is 16.2 Å². The first-order valence-electron chi connectivity index (χ1n) is 9.39. The predicted molar refractivity (Wildman–Crippen MR) is 105 cm³/mol. The number of ether oxygens (including phenoxy) is 1. The zero-order valence-electron chi connectivity index (χ0n) is 15.8. The monoisotopic (exact) mass is 358 g/mol. The number of benzene rings is 1. The molecular weight excluding hydrogens is 328 g/mol. The number of aryl methyl sites for hydroxylation is 1. The number of nitrogens with two attached hydrogens (primary N) is 2. The Hall–Kier alpha value is -2.50. The molecule has 1 amide bonds. The number of nitrogens with zero attached hydrogens (tertiary/aromatic N) is 2. The molecule has 0 unspecified atom stereocenters. The fraction of sp³-hybridized carbons (Fsp3) is 0.500. The Morgan fingerprint density at radius 1 is 1.12 bits per heavy atom. The lowest BCUT2D eigenvalue weighted by Gasteiger charge is -2.12. The summed E-state index contributed by atoms with van der Waals surface area (Å²) in [7, 11) is 1.60. The molecule has 142 valence electrons. The van der Waals surface area contributed by atoms with Crippen LogP contribution in [-0.2, 0) is 6.54 Å². The highest BCUT2D eigenvalue weighted by Crippen LogP contribution is 2.34. The summed E-state index contributed by atoms with van der Waals surface area (Å²) in [4.78, 5) is 12.0. The molecular formula is C20H30N4O2. The fourth-order valence-electron chi connectivity index (χ4n) is 3.22. The van der Waals surface area contributed by atoms with E-state index in [2.05, 4.69) is 12.0 Å². The largest absolute Gasteiger partial charge is 0.496 e. The van der Waals surface area contributed by atoms with Gasteiger partial charge < -0.3 is 16.2 Å². The fourth-order valence-corrected chi connectivity index (χ4v) is 3.22. The van der Waals surface area contributed by atoms with E-state index in [0.717, 1.165) is 18.4 Å². The highest BCUT2D eigenvalue weighted by Gasteiger charge is 2.23. The van der Waals surface area contributed by atoms with Crippen LogP contribution in [0.3, 0.4) is 0 Å². The van der Waals surface area contributed by atoms with Crippen molar-refractivity contribution in [3.05, 3.63) is 29.8 Å². The molecule has 26 heavy (non-hydrogen) atoms. The molecule has 1 aromatic carbocycles. The van der Waals surface area contributed by atoms with E-state index in [1.54, 1.807) is 11.8 Å². The number of primary amides is 1. The minimum atomic E-state index is -0.575. The second kappa shape index (κ2) is 9.85. The van der Waals surface area contributed by atoms with Gasteiger partial charge in [0.1, 0.15) is 11.3 Å². The van der Waals surface area contributed by atoms with Crippen LogP contribution in [0.4, 0.5) is 5.82 Å². The summed E-state index contributed by atoms with van der Waals surface area (Å²) in [6.45, 7) is 2.91. The van der Waals surface area contributed by atoms with Gasteiger partial charge in [-0.15, -0.1) is 0 Å². The molecule has 1 aromatic heterocycles. The normalized spacial score (nSPS) is 10.8. The second-order valence-electron chi connectivity index (χ2n) is 6.52. The van der Waals surface area contributed by atoms with Gasteiger partial charge in [0.25, 0.3) is 5.91 Å². The van der Waals surface area contributed by atoms with Gasteiger partial charge >= 0.3 is 0 Å². The summed E-state index contributed by atoms with van der Waals surface area (Å²) in [5.41, 5.74) is 13.2. The van der Waals surface area contributed by atoms with Crippen LogP contribution in [0.5, 0.6) is 5.75 Å². The molecule has 0 aliphatic heterocycles. The third-order valence-electron chi connectivity index (χ3n) is 4.56. The van der Waals surface area contributed by atoms with Gasteiger partial charge in [-0.2, -0.15) is 5.10 Å². The summed E-state index contributed by atoms with van der Waals surface area (Å²) in [6.07, 6.45) is 8.43. The number of nitrogen functional groups attached to an aromatic ring is 1. The van der Waals surface area contributed by atoms with Crippen molar-refractivity contribution >= 4 is 11.7 Å². The second-order valence-corrected chi connectivity index (χ2v) is 6.52. The Morgan fingerprint density at radius 2 is 1.77 bits per heavy atom. The Kier molecular flexibility index (Phi) is 7.51. The zero-order chi connectivity index (χ0) is 18.9. The van der Waals surface area contributed by atoms with Crippen LogP contribution in [0.2, 0.25) is 0 Å². The van der Waals surface area contributed by atoms with Crippen LogP contribution in [-0.4, -0.2) is 22.8 Å². The minimum Gasteiger partial charge on any atom is -0.496 e. The number of amides is 1. The molecule has 2 aromatic rings. The van der Waals surface area contributed by atoms with E-state index in [1.165, 1.54) is 32.1 Å². The van der Waals surface area contributed by atoms with Gasteiger partial charge in [-0.3, -0.25) is 9.48 Å². The van der Waals surface area contributed by atoms with E-state index >= 15 is 0 Å². The maximum atomic E-state index is 12.0. The number of anilines is 1. The predicted octanol–water partition coefficient (Wildman–Crippen LogP) is 3.99. The van der Waals surface area contributed by atoms with E-state index < -0.39 is 5.91 Å². The van der Waals surface area contributed by atoms with Crippen molar-refractivity contribution in [3.8, 4) is 17.0 Å². The molecule has 2 rings (SSSR count). The molecule has 4 N–H and O–H groups in total. The maximum Gasteiger partial charge on any atom is 0.254 e. The van der Waals surface area contributed by atoms with Gasteiger partial charge in [-0.05, 0) is 18.6 Å². The molecule has 0 atom stereocenters. The number of para-hydroxylation sites is 1. The SMILES string of the molecule is CCCCCCCCCn1nc(N)c(C(N)=O)c1-c1ccccc1OC. The number of hydrogen-bond acceptors (Lipinski definition) is 4. The van der Waals surface area contributed by atoms with Crippen LogP contribution in [0.15, 0.2) is 24.3 Å². The summed E-state index contributed by atoms with van der Waals surface area (Å²) < 4.78 is 7.24. The molecule has 1 heterocycles. The summed E-state index contributed by atoms with van der Waals surface area (Å²) >= 11 is 0. The maximum absolute atomic E-state index is 12.0. The number of hydrogen-bond donors (Lipinski definition) is 2. The number of carbonyl (C=O) groups excluding carboxylic acids is 1. The molecule has 0 radical (unpaired) electrons. The van der Waals surface area contributed by atoms with Crippen molar-refractivity contribution < 1.29 is 9.53 Å². The third kappa shape index (κ3) is 4.77. The van der Waals surface area contributed by atoms with Gasteiger partial charge in [-0.25, -0.2) is 0 Å². The van der Waals surface area contributed by atoms with Crippen LogP contribution in [0, 0.1) is 0 Å². The quantitative estimate of drug-likeness (QED) is 0.594. The first-order valence-corrected chi connectivity index (χ1v) is 9.39. The van der Waals surface area contributed by atoms with E-state index in [-0.39, 0.29) is 11.4 Å². The van der Waals surface area contributed by atoms with Gasteiger partial charge in [0, 0.05) is 12.1 Å². The first-order chi connectivity index (χ1) is 12.6. The topological polar surface area (TPSA) is 96.2 Å². The summed E-state index contributed by atoms with van der Waals surface area (Å²) in [5.74, 6) is 0.256. The lowest BCUT2D eigenvalue weighted by molar-refractivity contribution is 0.100. The summed E-state index contributed by atoms with van der Waals surface area (Å²) in [5, 5.41) is 4.37. The zero-order valence-corrected chi connectivity index (χ0v) is 15.8. The Bertz CT molecular complexity index is 725. The molecule has 0 fully saturated rings. The Labute approximate surface area is 155 Å². The van der Waals surface area contributed by atoms with Crippen molar-refractivity contribution in [2.75, 3.05) is 12.8 Å². The van der Waals surface area contributed by atoms with E-state index in [0.29, 0.717) is 18.0 Å². The molecule has 0 aliphatic carbocycles. The molecule has 0 saturated heterocycles. The highest BCUT2D eigenvalue weighted by atomic mass is 16.5. The number of aromatic nitrogens is 2. The lowest BCUT2D eigenvalue weighted by Crippen LogP contribution is -2.14. The minimum absolute atomic E-state index is 0.168. The van der Waals surface area contributed by atoms with E-state index in [1.807, 2.05) is 24.3 Å². The van der Waals surface area contributed by atoms with Crippen LogP contribution in [0.25, 0.3) is 11.3 Å². The van der Waals surface area contributed by atoms with Gasteiger partial charge in [0.2, 0.25) is 0 Å². The van der Waals surface area contributed by atoms with Gasteiger partial charge in [0.05, 0.1) is 12.8 Å². The van der Waals surface area contributed by atoms with Crippen molar-refractivity contribution in [3.63, 3.8) is 0 Å². The number of carbonyl (C=O) groups is 1. The van der Waals surface area contributed by atoms with Crippen molar-refractivity contribution in [1.29, 1.82) is 0 Å². The molecule has 0 saturated carbocycles. The first kappa shape index (κ1) is 19.8. The van der Waals surface area contributed by atoms with Gasteiger partial charge in [0.15, 0.2) is 5.82 Å². The van der Waals surface area contributed by atoms with Crippen molar-refractivity contribution in [1.82, 2.24) is 9.78 Å². The van der Waals surface area contributed by atoms with Crippen LogP contribution >= 0.6 is 0 Å². The third-order valence-corrected chi connectivity index (χ3v) is 4.56. The Morgan fingerprint density at radius 3 is 2.42 bits per heavy atom. The van der Waals surface area contributed by atoms with Crippen LogP contribution < -0.4 is 16.2 Å². The average molecular weight is 358 g/mol. The van der Waals surface area contributed by atoms with Crippen molar-refractivity contribution in [2.45, 2.75) is 58.4 Å². The van der Waals surface area contributed by atoms with Crippen molar-refractivity contribution in [2.24, 2.45) is 5.73 Å². The number of rotatable bonds is 11.